The van der Waals surface area contributed by atoms with Gasteiger partial charge in [0, 0.05) is 12.6 Å². The molecule has 7 rings (SSSR count). The molecule has 230 valence electrons. The molecule has 0 saturated carbocycles. The lowest BCUT2D eigenvalue weighted by molar-refractivity contribution is -0.0634. The maximum Gasteiger partial charge on any atom is 0.472 e. The van der Waals surface area contributed by atoms with Crippen LogP contribution in [0.3, 0.4) is 0 Å². The van der Waals surface area contributed by atoms with Crippen molar-refractivity contribution in [3.8, 4) is 0 Å². The van der Waals surface area contributed by atoms with Crippen molar-refractivity contribution < 1.29 is 47.0 Å². The van der Waals surface area contributed by atoms with Crippen LogP contribution < -0.4 is 11.3 Å². The number of hydrogen-bond acceptors (Lipinski definition) is 13. The summed E-state index contributed by atoms with van der Waals surface area (Å²) in [6, 6.07) is 9.54. The number of fused-ring (bicyclic) bond motifs is 5. The van der Waals surface area contributed by atoms with Gasteiger partial charge in [0.15, 0.2) is 17.4 Å². The molecule has 6 N–H and O–H groups in total. The summed E-state index contributed by atoms with van der Waals surface area (Å²) >= 11 is 5.27. The minimum absolute atomic E-state index is 0.0103. The number of benzene rings is 1. The van der Waals surface area contributed by atoms with Crippen LogP contribution in [0.25, 0.3) is 22.1 Å². The van der Waals surface area contributed by atoms with Crippen molar-refractivity contribution in [1.29, 1.82) is 0 Å². The van der Waals surface area contributed by atoms with E-state index in [9.17, 15) is 24.3 Å². The van der Waals surface area contributed by atoms with Gasteiger partial charge in [-0.2, -0.15) is 4.98 Å². The van der Waals surface area contributed by atoms with Crippen molar-refractivity contribution in [3.63, 3.8) is 0 Å². The first-order chi connectivity index (χ1) is 20.5. The number of nitrogens with zero attached hydrogens (tertiary/aromatic N) is 4. The molecule has 17 nitrogen and oxygen atoms in total. The zero-order valence-electron chi connectivity index (χ0n) is 22.0. The van der Waals surface area contributed by atoms with Gasteiger partial charge in [-0.25, -0.2) is 9.55 Å². The number of phosphoric ester groups is 1. The number of rotatable bonds is 2. The van der Waals surface area contributed by atoms with Crippen LogP contribution in [0, 0.1) is 0 Å². The summed E-state index contributed by atoms with van der Waals surface area (Å²) in [6.07, 6.45) is -4.92. The maximum absolute atomic E-state index is 13.1. The molecule has 0 radical (unpaired) electrons. The van der Waals surface area contributed by atoms with Crippen molar-refractivity contribution in [2.45, 2.75) is 49.4 Å². The highest BCUT2D eigenvalue weighted by molar-refractivity contribution is 8.07. The van der Waals surface area contributed by atoms with Gasteiger partial charge >= 0.3 is 14.5 Å². The van der Waals surface area contributed by atoms with Crippen LogP contribution in [-0.2, 0) is 43.9 Å². The molecule has 3 aromatic heterocycles. The molecule has 0 amide bonds. The Morgan fingerprint density at radius 1 is 1.05 bits per heavy atom. The number of nitrogen functional groups attached to an aromatic ring is 1. The second-order valence-corrected chi connectivity index (χ2v) is 14.4. The third-order valence-corrected chi connectivity index (χ3v) is 10.1. The van der Waals surface area contributed by atoms with Crippen LogP contribution in [-0.4, -0.2) is 82.7 Å². The number of aromatic nitrogens is 5. The molecule has 7 unspecified atom stereocenters. The Balaban J connectivity index is 1.19. The topological polar surface area (TPSA) is 228 Å². The average molecular weight is 657 g/mol. The minimum atomic E-state index is -4.75. The predicted octanol–water partition coefficient (Wildman–Crippen LogP) is 1.04. The van der Waals surface area contributed by atoms with E-state index in [4.69, 9.17) is 45.1 Å². The van der Waals surface area contributed by atoms with Gasteiger partial charge in [0.1, 0.15) is 36.7 Å². The molecule has 2 bridgehead atoms. The van der Waals surface area contributed by atoms with E-state index in [-0.39, 0.29) is 30.1 Å². The van der Waals surface area contributed by atoms with Gasteiger partial charge in [-0.05, 0) is 29.3 Å². The first-order valence-corrected chi connectivity index (χ1v) is 17.1. The van der Waals surface area contributed by atoms with Crippen LogP contribution in [0.15, 0.2) is 47.7 Å². The molecule has 6 heterocycles. The van der Waals surface area contributed by atoms with Gasteiger partial charge in [-0.1, -0.05) is 18.2 Å². The molecule has 3 aliphatic heterocycles. The number of anilines is 1. The molecule has 4 aromatic rings. The van der Waals surface area contributed by atoms with Crippen molar-refractivity contribution in [3.05, 3.63) is 53.2 Å². The van der Waals surface area contributed by atoms with Gasteiger partial charge in [0.2, 0.25) is 5.95 Å². The van der Waals surface area contributed by atoms with Crippen molar-refractivity contribution >= 4 is 54.4 Å². The second-order valence-electron chi connectivity index (χ2n) is 10.2. The van der Waals surface area contributed by atoms with Gasteiger partial charge in [0.05, 0.1) is 25.1 Å². The number of para-hydroxylation sites is 1. The number of nitrogens with one attached hydrogen (secondary N) is 1. The van der Waals surface area contributed by atoms with E-state index < -0.39 is 69.7 Å². The van der Waals surface area contributed by atoms with E-state index in [0.29, 0.717) is 0 Å². The molecule has 3 aliphatic rings. The Bertz CT molecular complexity index is 1850. The number of hydrogen-bond donors (Lipinski definition) is 5. The molecule has 0 aliphatic carbocycles. The zero-order valence-corrected chi connectivity index (χ0v) is 24.6. The summed E-state index contributed by atoms with van der Waals surface area (Å²) in [7, 11) is -4.75. The second kappa shape index (κ2) is 10.8. The molecule has 1 aromatic carbocycles. The minimum Gasteiger partial charge on any atom is -0.387 e. The van der Waals surface area contributed by atoms with E-state index in [1.807, 2.05) is 41.1 Å². The number of aromatic amines is 1. The lowest BCUT2D eigenvalue weighted by Gasteiger charge is -2.27. The fourth-order valence-electron chi connectivity index (χ4n) is 5.53. The average Bonchev–Trinajstić information content (AvgIpc) is 3.71. The standard InChI is InChI=1S/C23H26N6O11P2S/c24-23-26-20-17(21(31)27-23)25-10-29(20)22-19-18(30)15(38-22)9-35-41(32,33)39-13-7-16(37-14(13)8-36-42(34,43)40-19)28-6-5-11-3-1-2-4-12(11)28/h1-6,10,13-16,18-19,22,30H,7-9H2,(H,32,33)(H,34,43)(H3,24,26,27,31)/t13-,14?,15?,16-,18?,19?,22?,42?/m1/s1. The quantitative estimate of drug-likeness (QED) is 0.190. The predicted molar refractivity (Wildman–Crippen MR) is 151 cm³/mol. The molecular weight excluding hydrogens is 630 g/mol. The van der Waals surface area contributed by atoms with Crippen LogP contribution in [0.4, 0.5) is 5.95 Å². The fraction of sp³-hybridized carbons (Fsp3) is 0.435. The van der Waals surface area contributed by atoms with E-state index in [0.717, 1.165) is 10.9 Å². The number of nitrogens with two attached hydrogens (primary N) is 1. The number of phosphoric acid groups is 1. The van der Waals surface area contributed by atoms with Crippen molar-refractivity contribution in [1.82, 2.24) is 24.1 Å². The third kappa shape index (κ3) is 5.48. The maximum atomic E-state index is 13.1. The molecule has 9 atom stereocenters. The summed E-state index contributed by atoms with van der Waals surface area (Å²) < 4.78 is 50.4. The zero-order chi connectivity index (χ0) is 30.1. The first-order valence-electron chi connectivity index (χ1n) is 13.1. The largest absolute Gasteiger partial charge is 0.472 e. The Hall–Kier alpha value is -2.57. The van der Waals surface area contributed by atoms with Crippen LogP contribution in [0.2, 0.25) is 0 Å². The Labute approximate surface area is 246 Å². The number of H-pyrrole nitrogens is 1. The third-order valence-electron chi connectivity index (χ3n) is 7.49. The molecule has 43 heavy (non-hydrogen) atoms. The van der Waals surface area contributed by atoms with Crippen molar-refractivity contribution in [2.75, 3.05) is 18.9 Å². The Morgan fingerprint density at radius 3 is 2.67 bits per heavy atom. The fourth-order valence-corrected chi connectivity index (χ4v) is 7.91. The highest BCUT2D eigenvalue weighted by atomic mass is 32.5. The SMILES string of the molecule is Nc1nc2c(ncn2C2OC3COP(=O)(O)O[C@@H]4C[C@H](n5ccc6ccccc65)OC4COP(O)(=S)OC2C3O)c(=O)[nH]1. The molecule has 0 spiro atoms. The van der Waals surface area contributed by atoms with Gasteiger partial charge in [0.25, 0.3) is 5.56 Å². The van der Waals surface area contributed by atoms with Crippen molar-refractivity contribution in [2.24, 2.45) is 0 Å². The highest BCUT2D eigenvalue weighted by Gasteiger charge is 2.51. The summed E-state index contributed by atoms with van der Waals surface area (Å²) in [5.74, 6) is -0.205. The van der Waals surface area contributed by atoms with E-state index in [1.165, 1.54) is 10.9 Å². The molecule has 3 saturated heterocycles. The Kier molecular flexibility index (Phi) is 7.32. The summed E-state index contributed by atoms with van der Waals surface area (Å²) in [4.78, 5) is 44.4. The molecular formula is C23H26N6O11P2S. The van der Waals surface area contributed by atoms with Gasteiger partial charge in [-0.15, -0.1) is 0 Å². The summed E-state index contributed by atoms with van der Waals surface area (Å²) in [5, 5.41) is 12.1. The van der Waals surface area contributed by atoms with Crippen LogP contribution in [0.5, 0.6) is 0 Å². The number of aliphatic hydroxyl groups is 1. The first kappa shape index (κ1) is 29.2. The Morgan fingerprint density at radius 2 is 1.84 bits per heavy atom. The monoisotopic (exact) mass is 656 g/mol. The van der Waals surface area contributed by atoms with Crippen LogP contribution in [0.1, 0.15) is 18.9 Å². The normalized spacial score (nSPS) is 37.1. The molecule has 3 fully saturated rings. The highest BCUT2D eigenvalue weighted by Crippen LogP contribution is 2.53. The van der Waals surface area contributed by atoms with Gasteiger partial charge < -0.3 is 39.2 Å². The van der Waals surface area contributed by atoms with Gasteiger partial charge in [-0.3, -0.25) is 27.9 Å². The lowest BCUT2D eigenvalue weighted by atomic mass is 10.1. The molecule has 20 heteroatoms. The lowest BCUT2D eigenvalue weighted by Crippen LogP contribution is -2.35. The summed E-state index contributed by atoms with van der Waals surface area (Å²) in [5.41, 5.74) is 5.87. The number of aliphatic hydroxyl groups excluding tert-OH is 1. The van der Waals surface area contributed by atoms with Crippen LogP contribution >= 0.6 is 14.5 Å². The summed E-state index contributed by atoms with van der Waals surface area (Å²) in [6.45, 7) is -5.12. The smallest absolute Gasteiger partial charge is 0.387 e. The number of ether oxygens (including phenoxy) is 2. The van der Waals surface area contributed by atoms with E-state index in [2.05, 4.69) is 15.0 Å². The number of imidazole rings is 1. The van der Waals surface area contributed by atoms with E-state index in [1.54, 1.807) is 0 Å². The van der Waals surface area contributed by atoms with E-state index >= 15 is 0 Å².